The molecule has 106 valence electrons. The van der Waals surface area contributed by atoms with Gasteiger partial charge in [0.25, 0.3) is 5.91 Å². The molecule has 0 unspecified atom stereocenters. The molecule has 0 aromatic heterocycles. The third kappa shape index (κ3) is 3.44. The van der Waals surface area contributed by atoms with Gasteiger partial charge < -0.3 is 16.2 Å². The average molecular weight is 276 g/mol. The van der Waals surface area contributed by atoms with Crippen molar-refractivity contribution in [1.29, 1.82) is 0 Å². The molecule has 0 fully saturated rings. The zero-order chi connectivity index (χ0) is 15.4. The lowest BCUT2D eigenvalue weighted by atomic mass is 10.1. The van der Waals surface area contributed by atoms with Gasteiger partial charge in [-0.1, -0.05) is 0 Å². The van der Waals surface area contributed by atoms with Gasteiger partial charge in [0.15, 0.2) is 0 Å². The number of benzene rings is 1. The van der Waals surface area contributed by atoms with Gasteiger partial charge in [0, 0.05) is 22.4 Å². The Hall–Kier alpha value is -2.63. The fourth-order valence-corrected chi connectivity index (χ4v) is 1.50. The maximum Gasteiger partial charge on any atom is 0.331 e. The van der Waals surface area contributed by atoms with Crippen LogP contribution in [0.3, 0.4) is 0 Å². The Morgan fingerprint density at radius 3 is 2.20 bits per heavy atom. The van der Waals surface area contributed by atoms with E-state index in [0.29, 0.717) is 16.8 Å². The van der Waals surface area contributed by atoms with Crippen molar-refractivity contribution in [2.24, 2.45) is 5.73 Å². The van der Waals surface area contributed by atoms with E-state index in [-0.39, 0.29) is 11.1 Å². The number of aryl methyl sites for hydroxylation is 1. The number of carbonyl (C=O) groups excluding carboxylic acids is 2. The van der Waals surface area contributed by atoms with Gasteiger partial charge in [-0.3, -0.25) is 9.59 Å². The summed E-state index contributed by atoms with van der Waals surface area (Å²) in [6.45, 7) is 4.51. The van der Waals surface area contributed by atoms with Gasteiger partial charge in [-0.25, -0.2) is 4.79 Å². The molecule has 0 bridgehead atoms. The number of hydrogen-bond donors (Lipinski definition) is 3. The molecule has 0 radical (unpaired) electrons. The van der Waals surface area contributed by atoms with Crippen molar-refractivity contribution >= 4 is 23.5 Å². The highest BCUT2D eigenvalue weighted by molar-refractivity contribution is 6.08. The van der Waals surface area contributed by atoms with Crippen molar-refractivity contribution in [3.8, 4) is 0 Å². The van der Waals surface area contributed by atoms with E-state index < -0.39 is 17.8 Å². The van der Waals surface area contributed by atoms with Crippen LogP contribution in [0.4, 0.5) is 5.69 Å². The summed E-state index contributed by atoms with van der Waals surface area (Å²) in [5.41, 5.74) is 6.76. The maximum atomic E-state index is 11.9. The fourth-order valence-electron chi connectivity index (χ4n) is 1.50. The molecule has 0 saturated heterocycles. The molecule has 4 N–H and O–H groups in total. The average Bonchev–Trinajstić information content (AvgIpc) is 2.38. The smallest absolute Gasteiger partial charge is 0.331 e. The Bertz CT molecular complexity index is 618. The molecule has 0 spiro atoms. The van der Waals surface area contributed by atoms with Crippen LogP contribution in [0.1, 0.15) is 29.8 Å². The summed E-state index contributed by atoms with van der Waals surface area (Å²) < 4.78 is 0. The number of carboxylic acids is 1. The van der Waals surface area contributed by atoms with E-state index in [2.05, 4.69) is 5.32 Å². The molecular formula is C14H16N2O4. The second kappa shape index (κ2) is 6.01. The minimum Gasteiger partial charge on any atom is -0.478 e. The largest absolute Gasteiger partial charge is 0.478 e. The molecule has 20 heavy (non-hydrogen) atoms. The first-order valence-corrected chi connectivity index (χ1v) is 5.86. The van der Waals surface area contributed by atoms with E-state index in [1.54, 1.807) is 19.1 Å². The Labute approximate surface area is 116 Å². The van der Waals surface area contributed by atoms with Crippen molar-refractivity contribution in [3.05, 3.63) is 40.5 Å². The quantitative estimate of drug-likeness (QED) is 0.723. The molecule has 0 aliphatic carbocycles. The van der Waals surface area contributed by atoms with Gasteiger partial charge in [0.2, 0.25) is 5.91 Å². The Balaban J connectivity index is 3.00. The lowest BCUT2D eigenvalue weighted by Gasteiger charge is -2.10. The van der Waals surface area contributed by atoms with Crippen molar-refractivity contribution < 1.29 is 19.5 Å². The monoisotopic (exact) mass is 276 g/mol. The Kier molecular flexibility index (Phi) is 4.63. The van der Waals surface area contributed by atoms with Crippen LogP contribution >= 0.6 is 0 Å². The number of nitrogens with two attached hydrogens (primary N) is 1. The van der Waals surface area contributed by atoms with Gasteiger partial charge in [-0.15, -0.1) is 0 Å². The minimum absolute atomic E-state index is 0.0195. The molecule has 1 rings (SSSR count). The molecule has 0 aliphatic rings. The summed E-state index contributed by atoms with van der Waals surface area (Å²) in [5, 5.41) is 11.4. The molecule has 0 saturated carbocycles. The second-order valence-corrected chi connectivity index (χ2v) is 4.40. The molecule has 0 atom stereocenters. The van der Waals surface area contributed by atoms with Crippen LogP contribution in [-0.4, -0.2) is 22.9 Å². The molecule has 0 heterocycles. The zero-order valence-corrected chi connectivity index (χ0v) is 11.5. The number of carboxylic acid groups (broad SMARTS) is 1. The molecule has 6 heteroatoms. The first-order chi connectivity index (χ1) is 9.23. The number of carbonyl (C=O) groups is 3. The molecular weight excluding hydrogens is 260 g/mol. The van der Waals surface area contributed by atoms with Gasteiger partial charge in [-0.05, 0) is 44.5 Å². The van der Waals surface area contributed by atoms with Crippen LogP contribution in [0.2, 0.25) is 0 Å². The van der Waals surface area contributed by atoms with Crippen LogP contribution in [0.25, 0.3) is 0 Å². The van der Waals surface area contributed by atoms with Gasteiger partial charge in [0.1, 0.15) is 0 Å². The predicted molar refractivity (Wildman–Crippen MR) is 74.3 cm³/mol. The topological polar surface area (TPSA) is 109 Å². The Morgan fingerprint density at radius 1 is 1.15 bits per heavy atom. The molecule has 1 aromatic rings. The standard InChI is InChI=1S/C14H16N2O4/c1-7-6-10(12(15)17)4-5-11(7)16-13(18)8(2)9(3)14(19)20/h4-6H,1-3H3,(H2,15,17)(H,16,18)(H,19,20). The maximum absolute atomic E-state index is 11.9. The third-order valence-corrected chi connectivity index (χ3v) is 2.98. The van der Waals surface area contributed by atoms with Gasteiger partial charge in [0.05, 0.1) is 0 Å². The van der Waals surface area contributed by atoms with E-state index in [9.17, 15) is 14.4 Å². The van der Waals surface area contributed by atoms with Crippen molar-refractivity contribution in [2.75, 3.05) is 5.32 Å². The number of aliphatic carboxylic acids is 1. The zero-order valence-electron chi connectivity index (χ0n) is 11.5. The predicted octanol–water partition coefficient (Wildman–Crippen LogP) is 1.45. The highest BCUT2D eigenvalue weighted by Gasteiger charge is 2.14. The number of primary amides is 1. The highest BCUT2D eigenvalue weighted by atomic mass is 16.4. The van der Waals surface area contributed by atoms with E-state index >= 15 is 0 Å². The normalized spacial score (nSPS) is 11.6. The molecule has 0 aliphatic heterocycles. The summed E-state index contributed by atoms with van der Waals surface area (Å²) in [6, 6.07) is 4.60. The second-order valence-electron chi connectivity index (χ2n) is 4.40. The van der Waals surface area contributed by atoms with Crippen LogP contribution in [0.15, 0.2) is 29.3 Å². The van der Waals surface area contributed by atoms with E-state index in [4.69, 9.17) is 10.8 Å². The van der Waals surface area contributed by atoms with Crippen molar-refractivity contribution in [1.82, 2.24) is 0 Å². The summed E-state index contributed by atoms with van der Waals surface area (Å²) in [7, 11) is 0. The van der Waals surface area contributed by atoms with E-state index in [0.717, 1.165) is 0 Å². The summed E-state index contributed by atoms with van der Waals surface area (Å²) in [5.74, 6) is -2.19. The lowest BCUT2D eigenvalue weighted by molar-refractivity contribution is -0.133. The highest BCUT2D eigenvalue weighted by Crippen LogP contribution is 2.17. The van der Waals surface area contributed by atoms with Crippen LogP contribution in [0, 0.1) is 6.92 Å². The summed E-state index contributed by atoms with van der Waals surface area (Å²) >= 11 is 0. The van der Waals surface area contributed by atoms with Crippen LogP contribution in [0.5, 0.6) is 0 Å². The van der Waals surface area contributed by atoms with Gasteiger partial charge in [-0.2, -0.15) is 0 Å². The fraction of sp³-hybridized carbons (Fsp3) is 0.214. The summed E-state index contributed by atoms with van der Waals surface area (Å²) in [6.07, 6.45) is 0. The SMILES string of the molecule is CC(C(=O)O)=C(C)C(=O)Nc1ccc(C(N)=O)cc1C. The minimum atomic E-state index is -1.14. The number of hydrogen-bond acceptors (Lipinski definition) is 3. The van der Waals surface area contributed by atoms with Gasteiger partial charge >= 0.3 is 5.97 Å². The molecule has 2 amide bonds. The summed E-state index contributed by atoms with van der Waals surface area (Å²) in [4.78, 5) is 33.7. The lowest BCUT2D eigenvalue weighted by Crippen LogP contribution is -2.17. The van der Waals surface area contributed by atoms with Crippen molar-refractivity contribution in [2.45, 2.75) is 20.8 Å². The van der Waals surface area contributed by atoms with Crippen LogP contribution in [-0.2, 0) is 9.59 Å². The Morgan fingerprint density at radius 2 is 1.75 bits per heavy atom. The van der Waals surface area contributed by atoms with Crippen LogP contribution < -0.4 is 11.1 Å². The number of anilines is 1. The molecule has 1 aromatic carbocycles. The number of nitrogens with one attached hydrogen (secondary N) is 1. The first-order valence-electron chi connectivity index (χ1n) is 5.86. The third-order valence-electron chi connectivity index (χ3n) is 2.98. The van der Waals surface area contributed by atoms with E-state index in [1.165, 1.54) is 19.9 Å². The van der Waals surface area contributed by atoms with Crippen molar-refractivity contribution in [3.63, 3.8) is 0 Å². The number of rotatable bonds is 4. The first kappa shape index (κ1) is 15.4. The molecule has 6 nitrogen and oxygen atoms in total. The van der Waals surface area contributed by atoms with E-state index in [1.807, 2.05) is 0 Å². The number of amides is 2.